The van der Waals surface area contributed by atoms with Crippen LogP contribution in [-0.2, 0) is 0 Å². The van der Waals surface area contributed by atoms with Crippen molar-refractivity contribution in [2.24, 2.45) is 0 Å². The molecule has 106 valence electrons. The van der Waals surface area contributed by atoms with Crippen LogP contribution in [0.5, 0.6) is 0 Å². The van der Waals surface area contributed by atoms with Crippen LogP contribution in [0.15, 0.2) is 18.2 Å². The van der Waals surface area contributed by atoms with E-state index < -0.39 is 5.97 Å². The normalized spacial score (nSPS) is 11.1. The Bertz CT molecular complexity index is 680. The third-order valence-electron chi connectivity index (χ3n) is 2.94. The predicted molar refractivity (Wildman–Crippen MR) is 85.2 cm³/mol. The zero-order valence-electron chi connectivity index (χ0n) is 10.9. The Labute approximate surface area is 130 Å². The van der Waals surface area contributed by atoms with Crippen LogP contribution in [0.2, 0.25) is 10.0 Å². The second-order valence-corrected chi connectivity index (χ2v) is 6.51. The quantitative estimate of drug-likeness (QED) is 0.820. The average molecular weight is 330 g/mol. The molecule has 0 radical (unpaired) electrons. The van der Waals surface area contributed by atoms with Gasteiger partial charge in [0.15, 0.2) is 0 Å². The van der Waals surface area contributed by atoms with Gasteiger partial charge in [-0.3, -0.25) is 0 Å². The second kappa shape index (κ2) is 5.64. The van der Waals surface area contributed by atoms with E-state index in [0.29, 0.717) is 15.7 Å². The van der Waals surface area contributed by atoms with Crippen LogP contribution in [0, 0.1) is 0 Å². The number of halogens is 2. The lowest BCUT2D eigenvalue weighted by atomic mass is 9.98. The molecule has 0 amide bonds. The molecule has 0 saturated heterocycles. The number of nitrogen functional groups attached to an aromatic ring is 1. The fourth-order valence-electron chi connectivity index (χ4n) is 2.04. The third-order valence-corrected chi connectivity index (χ3v) is 4.93. The van der Waals surface area contributed by atoms with E-state index in [1.54, 1.807) is 12.1 Å². The molecule has 0 bridgehead atoms. The summed E-state index contributed by atoms with van der Waals surface area (Å²) in [5, 5.41) is 10.1. The molecule has 1 heterocycles. The van der Waals surface area contributed by atoms with Crippen LogP contribution in [0.1, 0.15) is 35.0 Å². The van der Waals surface area contributed by atoms with Gasteiger partial charge in [-0.05, 0) is 29.2 Å². The predicted octanol–water partition coefficient (Wildman–Crippen LogP) is 5.13. The fraction of sp³-hybridized carbons (Fsp3) is 0.214. The fourth-order valence-corrected chi connectivity index (χ4v) is 3.55. The molecule has 0 unspecified atom stereocenters. The van der Waals surface area contributed by atoms with Gasteiger partial charge in [0.25, 0.3) is 0 Å². The molecule has 0 aliphatic rings. The zero-order chi connectivity index (χ0) is 15.0. The highest BCUT2D eigenvalue weighted by molar-refractivity contribution is 7.18. The maximum Gasteiger partial charge on any atom is 0.348 e. The first-order chi connectivity index (χ1) is 9.32. The van der Waals surface area contributed by atoms with E-state index in [1.165, 1.54) is 0 Å². The van der Waals surface area contributed by atoms with Crippen molar-refractivity contribution in [3.05, 3.63) is 38.7 Å². The van der Waals surface area contributed by atoms with E-state index in [4.69, 9.17) is 28.9 Å². The summed E-state index contributed by atoms with van der Waals surface area (Å²) in [6, 6.07) is 5.24. The summed E-state index contributed by atoms with van der Waals surface area (Å²) in [5.74, 6) is -0.899. The molecule has 0 fully saturated rings. The van der Waals surface area contributed by atoms with Crippen LogP contribution in [-0.4, -0.2) is 11.1 Å². The minimum absolute atomic E-state index is 0.115. The summed E-state index contributed by atoms with van der Waals surface area (Å²) in [4.78, 5) is 12.2. The number of carboxylic acid groups (broad SMARTS) is 1. The number of carbonyl (C=O) groups is 1. The van der Waals surface area contributed by atoms with Gasteiger partial charge in [0.1, 0.15) is 4.88 Å². The largest absolute Gasteiger partial charge is 0.477 e. The monoisotopic (exact) mass is 329 g/mol. The Morgan fingerprint density at radius 1 is 1.30 bits per heavy atom. The van der Waals surface area contributed by atoms with Crippen molar-refractivity contribution in [1.82, 2.24) is 0 Å². The first-order valence-electron chi connectivity index (χ1n) is 5.93. The highest BCUT2D eigenvalue weighted by atomic mass is 35.5. The molecule has 0 aliphatic carbocycles. The number of anilines is 1. The Hall–Kier alpha value is -1.23. The average Bonchev–Trinajstić information content (AvgIpc) is 2.70. The summed E-state index contributed by atoms with van der Waals surface area (Å²) in [6.07, 6.45) is 0. The first kappa shape index (κ1) is 15.2. The summed E-state index contributed by atoms with van der Waals surface area (Å²) >= 11 is 13.1. The van der Waals surface area contributed by atoms with Crippen molar-refractivity contribution in [2.45, 2.75) is 19.8 Å². The van der Waals surface area contributed by atoms with Crippen molar-refractivity contribution < 1.29 is 9.90 Å². The van der Waals surface area contributed by atoms with Crippen LogP contribution in [0.4, 0.5) is 5.69 Å². The van der Waals surface area contributed by atoms with Gasteiger partial charge in [-0.15, -0.1) is 11.3 Å². The van der Waals surface area contributed by atoms with Crippen molar-refractivity contribution in [2.75, 3.05) is 5.73 Å². The van der Waals surface area contributed by atoms with Gasteiger partial charge in [-0.2, -0.15) is 0 Å². The molecule has 0 saturated carbocycles. The van der Waals surface area contributed by atoms with Gasteiger partial charge in [-0.25, -0.2) is 4.79 Å². The number of benzene rings is 1. The minimum atomic E-state index is -1.01. The molecule has 20 heavy (non-hydrogen) atoms. The lowest BCUT2D eigenvalue weighted by Gasteiger charge is -2.09. The topological polar surface area (TPSA) is 63.3 Å². The minimum Gasteiger partial charge on any atom is -0.477 e. The van der Waals surface area contributed by atoms with E-state index >= 15 is 0 Å². The van der Waals surface area contributed by atoms with Gasteiger partial charge in [0, 0.05) is 4.88 Å². The molecular weight excluding hydrogens is 317 g/mol. The van der Waals surface area contributed by atoms with Crippen LogP contribution >= 0.6 is 34.5 Å². The Morgan fingerprint density at radius 2 is 1.95 bits per heavy atom. The summed E-state index contributed by atoms with van der Waals surface area (Å²) < 4.78 is 0. The Kier molecular flexibility index (Phi) is 4.28. The maximum absolute atomic E-state index is 11.2. The summed E-state index contributed by atoms with van der Waals surface area (Å²) in [7, 11) is 0. The standard InChI is InChI=1S/C14H13Cl2NO2S/c1-6(2)10-11(17)13(14(18)19)20-12(10)7-3-4-8(15)9(16)5-7/h3-6H,17H2,1-2H3,(H,18,19). The molecule has 3 N–H and O–H groups in total. The lowest BCUT2D eigenvalue weighted by Crippen LogP contribution is -2.00. The van der Waals surface area contributed by atoms with Gasteiger partial charge >= 0.3 is 5.97 Å². The number of thiophene rings is 1. The molecule has 3 nitrogen and oxygen atoms in total. The molecular formula is C14H13Cl2NO2S. The van der Waals surface area contributed by atoms with E-state index in [-0.39, 0.29) is 10.8 Å². The zero-order valence-corrected chi connectivity index (χ0v) is 13.2. The van der Waals surface area contributed by atoms with Crippen LogP contribution in [0.25, 0.3) is 10.4 Å². The second-order valence-electron chi connectivity index (χ2n) is 4.68. The Balaban J connectivity index is 2.69. The molecule has 0 spiro atoms. The van der Waals surface area contributed by atoms with Crippen LogP contribution < -0.4 is 5.73 Å². The van der Waals surface area contributed by atoms with E-state index in [9.17, 15) is 9.90 Å². The molecule has 6 heteroatoms. The number of carboxylic acids is 1. The molecule has 1 aromatic carbocycles. The van der Waals surface area contributed by atoms with E-state index in [2.05, 4.69) is 0 Å². The highest BCUT2D eigenvalue weighted by Gasteiger charge is 2.23. The number of hydrogen-bond acceptors (Lipinski definition) is 3. The summed E-state index contributed by atoms with van der Waals surface area (Å²) in [6.45, 7) is 3.95. The number of hydrogen-bond donors (Lipinski definition) is 2. The maximum atomic E-state index is 11.2. The molecule has 0 aliphatic heterocycles. The summed E-state index contributed by atoms with van der Waals surface area (Å²) in [5.41, 5.74) is 7.98. The van der Waals surface area contributed by atoms with Gasteiger partial charge in [-0.1, -0.05) is 43.1 Å². The van der Waals surface area contributed by atoms with E-state index in [1.807, 2.05) is 19.9 Å². The number of aromatic carboxylic acids is 1. The molecule has 0 atom stereocenters. The number of nitrogens with two attached hydrogens (primary N) is 1. The first-order valence-corrected chi connectivity index (χ1v) is 7.51. The van der Waals surface area contributed by atoms with Gasteiger partial charge in [0.2, 0.25) is 0 Å². The lowest BCUT2D eigenvalue weighted by molar-refractivity contribution is 0.0703. The molecule has 2 aromatic rings. The third kappa shape index (κ3) is 2.64. The Morgan fingerprint density at radius 3 is 2.45 bits per heavy atom. The SMILES string of the molecule is CC(C)c1c(-c2ccc(Cl)c(Cl)c2)sc(C(=O)O)c1N. The van der Waals surface area contributed by atoms with Crippen molar-refractivity contribution >= 4 is 46.2 Å². The number of rotatable bonds is 3. The molecule has 2 rings (SSSR count). The van der Waals surface area contributed by atoms with Gasteiger partial charge < -0.3 is 10.8 Å². The van der Waals surface area contributed by atoms with Gasteiger partial charge in [0.05, 0.1) is 15.7 Å². The van der Waals surface area contributed by atoms with Crippen LogP contribution in [0.3, 0.4) is 0 Å². The van der Waals surface area contributed by atoms with E-state index in [0.717, 1.165) is 27.3 Å². The van der Waals surface area contributed by atoms with Crippen molar-refractivity contribution in [3.8, 4) is 10.4 Å². The molecule has 1 aromatic heterocycles. The van der Waals surface area contributed by atoms with Crippen molar-refractivity contribution in [1.29, 1.82) is 0 Å². The van der Waals surface area contributed by atoms with Crippen molar-refractivity contribution in [3.63, 3.8) is 0 Å². The smallest absolute Gasteiger partial charge is 0.348 e. The highest BCUT2D eigenvalue weighted by Crippen LogP contribution is 2.43.